The molecule has 1 aromatic heterocycles. The van der Waals surface area contributed by atoms with E-state index >= 15 is 0 Å². The molecule has 1 fully saturated rings. The molecule has 0 spiro atoms. The minimum absolute atomic E-state index is 0.0105. The molecule has 2 N–H and O–H groups in total. The largest absolute Gasteiger partial charge is 0.444 e. The Kier molecular flexibility index (Phi) is 3.95. The Morgan fingerprint density at radius 2 is 2.09 bits per heavy atom. The number of thiazole rings is 1. The van der Waals surface area contributed by atoms with Crippen LogP contribution in [0.2, 0.25) is 0 Å². The standard InChI is InChI=1S/C15H22N4O3S/c1-15(2,3)22-14(21)19-8-5-6-10(19)11-9(7-8)17-13(23-11)18-12(20)16-4/h8,10H,5-7H2,1-4H3,(H2,16,17,18,20). The molecule has 0 radical (unpaired) electrons. The lowest BCUT2D eigenvalue weighted by molar-refractivity contribution is 0.0127. The van der Waals surface area contributed by atoms with E-state index in [9.17, 15) is 9.59 Å². The van der Waals surface area contributed by atoms with Crippen molar-refractivity contribution in [1.82, 2.24) is 15.2 Å². The number of nitrogens with zero attached hydrogens (tertiary/aromatic N) is 2. The lowest BCUT2D eigenvalue weighted by Gasteiger charge is -2.35. The molecule has 0 saturated carbocycles. The van der Waals surface area contributed by atoms with Crippen molar-refractivity contribution in [3.63, 3.8) is 0 Å². The van der Waals surface area contributed by atoms with Crippen molar-refractivity contribution in [1.29, 1.82) is 0 Å². The van der Waals surface area contributed by atoms with Crippen molar-refractivity contribution in [3.05, 3.63) is 10.6 Å². The maximum absolute atomic E-state index is 12.5. The third-order valence-electron chi connectivity index (χ3n) is 4.01. The Balaban J connectivity index is 1.82. The van der Waals surface area contributed by atoms with E-state index < -0.39 is 5.60 Å². The van der Waals surface area contributed by atoms with Crippen molar-refractivity contribution in [2.75, 3.05) is 12.4 Å². The predicted molar refractivity (Wildman–Crippen MR) is 87.7 cm³/mol. The topological polar surface area (TPSA) is 83.6 Å². The van der Waals surface area contributed by atoms with Gasteiger partial charge in [-0.25, -0.2) is 14.6 Å². The number of carbonyl (C=O) groups excluding carboxylic acids is 2. The molecule has 2 aliphatic rings. The Labute approximate surface area is 139 Å². The molecule has 3 heterocycles. The van der Waals surface area contributed by atoms with E-state index in [4.69, 9.17) is 4.74 Å². The summed E-state index contributed by atoms with van der Waals surface area (Å²) in [7, 11) is 1.56. The fraction of sp³-hybridized carbons (Fsp3) is 0.667. The smallest absolute Gasteiger partial charge is 0.411 e. The summed E-state index contributed by atoms with van der Waals surface area (Å²) >= 11 is 1.45. The van der Waals surface area contributed by atoms with Gasteiger partial charge in [0.15, 0.2) is 5.13 Å². The zero-order valence-corrected chi connectivity index (χ0v) is 14.6. The molecule has 7 nitrogen and oxygen atoms in total. The van der Waals surface area contributed by atoms with Crippen LogP contribution in [0.1, 0.15) is 50.2 Å². The summed E-state index contributed by atoms with van der Waals surface area (Å²) in [6.07, 6.45) is 2.34. The van der Waals surface area contributed by atoms with Crippen molar-refractivity contribution >= 4 is 28.6 Å². The van der Waals surface area contributed by atoms with Crippen LogP contribution in [0.15, 0.2) is 0 Å². The van der Waals surface area contributed by atoms with Crippen molar-refractivity contribution in [2.24, 2.45) is 0 Å². The number of fused-ring (bicyclic) bond motifs is 4. The molecule has 1 saturated heterocycles. The first kappa shape index (κ1) is 16.0. The zero-order valence-electron chi connectivity index (χ0n) is 13.8. The summed E-state index contributed by atoms with van der Waals surface area (Å²) < 4.78 is 5.55. The maximum Gasteiger partial charge on any atom is 0.411 e. The first-order valence-corrected chi connectivity index (χ1v) is 8.60. The quantitative estimate of drug-likeness (QED) is 0.825. The number of carbonyl (C=O) groups is 2. The highest BCUT2D eigenvalue weighted by Crippen LogP contribution is 2.47. The molecular formula is C15H22N4O3S. The molecule has 126 valence electrons. The molecule has 2 atom stereocenters. The van der Waals surface area contributed by atoms with Gasteiger partial charge in [0.25, 0.3) is 0 Å². The van der Waals surface area contributed by atoms with Gasteiger partial charge in [-0.2, -0.15) is 0 Å². The fourth-order valence-corrected chi connectivity index (χ4v) is 4.26. The fourth-order valence-electron chi connectivity index (χ4n) is 3.14. The van der Waals surface area contributed by atoms with Crippen LogP contribution in [-0.2, 0) is 11.2 Å². The molecule has 3 amide bonds. The monoisotopic (exact) mass is 338 g/mol. The van der Waals surface area contributed by atoms with E-state index in [1.54, 1.807) is 7.05 Å². The van der Waals surface area contributed by atoms with E-state index in [2.05, 4.69) is 15.6 Å². The first-order valence-electron chi connectivity index (χ1n) is 7.78. The first-order chi connectivity index (χ1) is 10.8. The molecule has 1 aromatic rings. The average Bonchev–Trinajstić information content (AvgIpc) is 2.98. The van der Waals surface area contributed by atoms with Gasteiger partial charge >= 0.3 is 12.1 Å². The number of rotatable bonds is 1. The van der Waals surface area contributed by atoms with Crippen molar-refractivity contribution in [2.45, 2.75) is 57.7 Å². The van der Waals surface area contributed by atoms with E-state index in [1.165, 1.54) is 11.3 Å². The predicted octanol–water partition coefficient (Wildman–Crippen LogP) is 2.89. The lowest BCUT2D eigenvalue weighted by Crippen LogP contribution is -2.44. The van der Waals surface area contributed by atoms with Gasteiger partial charge in [0.05, 0.1) is 16.6 Å². The van der Waals surface area contributed by atoms with Crippen LogP contribution in [-0.4, -0.2) is 40.7 Å². The normalized spacial score (nSPS) is 22.5. The van der Waals surface area contributed by atoms with Gasteiger partial charge in [0, 0.05) is 19.5 Å². The molecule has 2 unspecified atom stereocenters. The van der Waals surface area contributed by atoms with Crippen LogP contribution in [0.4, 0.5) is 14.7 Å². The van der Waals surface area contributed by atoms with Crippen LogP contribution >= 0.6 is 11.3 Å². The number of hydrogen-bond acceptors (Lipinski definition) is 5. The number of nitrogens with one attached hydrogen (secondary N) is 2. The maximum atomic E-state index is 12.5. The average molecular weight is 338 g/mol. The van der Waals surface area contributed by atoms with Crippen molar-refractivity contribution in [3.8, 4) is 0 Å². The molecule has 0 aliphatic carbocycles. The number of hydrogen-bond donors (Lipinski definition) is 2. The molecule has 3 rings (SSSR count). The minimum Gasteiger partial charge on any atom is -0.444 e. The van der Waals surface area contributed by atoms with Crippen LogP contribution in [0.3, 0.4) is 0 Å². The number of aromatic nitrogens is 1. The highest BCUT2D eigenvalue weighted by atomic mass is 32.1. The van der Waals surface area contributed by atoms with Gasteiger partial charge in [-0.05, 0) is 33.6 Å². The highest BCUT2D eigenvalue weighted by Gasteiger charge is 2.46. The highest BCUT2D eigenvalue weighted by molar-refractivity contribution is 7.16. The van der Waals surface area contributed by atoms with Gasteiger partial charge in [0.1, 0.15) is 5.60 Å². The number of amides is 3. The van der Waals surface area contributed by atoms with E-state index in [0.29, 0.717) is 5.13 Å². The Morgan fingerprint density at radius 3 is 2.74 bits per heavy atom. The third-order valence-corrected chi connectivity index (χ3v) is 5.13. The third kappa shape index (κ3) is 3.12. The zero-order chi connectivity index (χ0) is 16.8. The molecule has 2 aliphatic heterocycles. The van der Waals surface area contributed by atoms with Gasteiger partial charge in [-0.1, -0.05) is 11.3 Å². The molecule has 0 aromatic carbocycles. The van der Waals surface area contributed by atoms with E-state index in [1.807, 2.05) is 25.7 Å². The Morgan fingerprint density at radius 1 is 1.35 bits per heavy atom. The molecule has 8 heteroatoms. The van der Waals surface area contributed by atoms with Crippen LogP contribution in [0, 0.1) is 0 Å². The summed E-state index contributed by atoms with van der Waals surface area (Å²) in [5, 5.41) is 5.80. The second-order valence-electron chi connectivity index (χ2n) is 6.87. The Hall–Kier alpha value is -1.83. The number of urea groups is 1. The molecular weight excluding hydrogens is 316 g/mol. The second kappa shape index (κ2) is 5.67. The molecule has 23 heavy (non-hydrogen) atoms. The van der Waals surface area contributed by atoms with Crippen LogP contribution < -0.4 is 10.6 Å². The van der Waals surface area contributed by atoms with Gasteiger partial charge in [-0.3, -0.25) is 10.2 Å². The summed E-state index contributed by atoms with van der Waals surface area (Å²) in [5.41, 5.74) is 0.491. The number of ether oxygens (including phenoxy) is 1. The van der Waals surface area contributed by atoms with Gasteiger partial charge in [-0.15, -0.1) is 0 Å². The van der Waals surface area contributed by atoms with Gasteiger partial charge < -0.3 is 10.1 Å². The summed E-state index contributed by atoms with van der Waals surface area (Å²) in [6, 6.07) is -0.140. The summed E-state index contributed by atoms with van der Waals surface area (Å²) in [4.78, 5) is 31.4. The van der Waals surface area contributed by atoms with Gasteiger partial charge in [0.2, 0.25) is 0 Å². The van der Waals surface area contributed by atoms with Crippen LogP contribution in [0.5, 0.6) is 0 Å². The summed E-state index contributed by atoms with van der Waals surface area (Å²) in [5.74, 6) is 0. The Bertz CT molecular complexity index is 637. The van der Waals surface area contributed by atoms with Crippen molar-refractivity contribution < 1.29 is 14.3 Å². The SMILES string of the molecule is CNC(=O)Nc1nc2c(s1)C1CCC(C2)N1C(=O)OC(C)(C)C. The molecule has 2 bridgehead atoms. The minimum atomic E-state index is -0.504. The van der Waals surface area contributed by atoms with Crippen LogP contribution in [0.25, 0.3) is 0 Å². The van der Waals surface area contributed by atoms with E-state index in [-0.39, 0.29) is 24.2 Å². The lowest BCUT2D eigenvalue weighted by atomic mass is 10.1. The summed E-state index contributed by atoms with van der Waals surface area (Å²) in [6.45, 7) is 5.63. The van der Waals surface area contributed by atoms with E-state index in [0.717, 1.165) is 29.8 Å². The second-order valence-corrected chi connectivity index (χ2v) is 7.90. The number of anilines is 1.